The van der Waals surface area contributed by atoms with Gasteiger partial charge < -0.3 is 15.2 Å². The molecular weight excluding hydrogens is 274 g/mol. The number of ether oxygens (including phenoxy) is 1. The summed E-state index contributed by atoms with van der Waals surface area (Å²) in [6.07, 6.45) is 3.46. The van der Waals surface area contributed by atoms with Gasteiger partial charge in [0.25, 0.3) is 0 Å². The van der Waals surface area contributed by atoms with Gasteiger partial charge in [-0.05, 0) is 49.9 Å². The number of hydrogen-bond acceptors (Lipinski definition) is 3. The van der Waals surface area contributed by atoms with Gasteiger partial charge in [-0.25, -0.2) is 0 Å². The van der Waals surface area contributed by atoms with Crippen LogP contribution in [0.3, 0.4) is 0 Å². The molecule has 112 valence electrons. The predicted molar refractivity (Wildman–Crippen MR) is 82.5 cm³/mol. The summed E-state index contributed by atoms with van der Waals surface area (Å²) in [6, 6.07) is 5.99. The van der Waals surface area contributed by atoms with E-state index in [-0.39, 0.29) is 0 Å². The topological polar surface area (TPSA) is 41.5 Å². The van der Waals surface area contributed by atoms with Gasteiger partial charge in [0.05, 0.1) is 0 Å². The van der Waals surface area contributed by atoms with Crippen molar-refractivity contribution in [3.8, 4) is 5.75 Å². The molecule has 1 saturated carbocycles. The number of rotatable bonds is 8. The van der Waals surface area contributed by atoms with Gasteiger partial charge in [0.15, 0.2) is 0 Å². The second kappa shape index (κ2) is 7.30. The molecule has 0 amide bonds. The first-order valence-electron chi connectivity index (χ1n) is 7.35. The van der Waals surface area contributed by atoms with Crippen LogP contribution in [0, 0.1) is 12.8 Å². The van der Waals surface area contributed by atoms with Crippen molar-refractivity contribution in [3.05, 3.63) is 28.8 Å². The minimum absolute atomic E-state index is 0.296. The van der Waals surface area contributed by atoms with Crippen molar-refractivity contribution >= 4 is 11.6 Å². The molecule has 4 heteroatoms. The molecule has 0 spiro atoms. The zero-order valence-corrected chi connectivity index (χ0v) is 13.0. The lowest BCUT2D eigenvalue weighted by Gasteiger charge is -2.17. The monoisotopic (exact) mass is 297 g/mol. The second-order valence-electron chi connectivity index (χ2n) is 5.86. The molecule has 1 aromatic carbocycles. The third-order valence-electron chi connectivity index (χ3n) is 3.66. The molecule has 3 nitrogen and oxygen atoms in total. The molecule has 20 heavy (non-hydrogen) atoms. The van der Waals surface area contributed by atoms with Crippen LogP contribution in [0.5, 0.6) is 5.75 Å². The van der Waals surface area contributed by atoms with E-state index in [9.17, 15) is 5.11 Å². The number of aryl methyl sites for hydroxylation is 1. The quantitative estimate of drug-likeness (QED) is 0.774. The van der Waals surface area contributed by atoms with Crippen LogP contribution in [0.4, 0.5) is 0 Å². The first-order valence-corrected chi connectivity index (χ1v) is 7.73. The minimum Gasteiger partial charge on any atom is -0.491 e. The van der Waals surface area contributed by atoms with E-state index in [1.807, 2.05) is 25.1 Å². The van der Waals surface area contributed by atoms with E-state index in [1.165, 1.54) is 19.3 Å². The van der Waals surface area contributed by atoms with Gasteiger partial charge in [0, 0.05) is 17.6 Å². The van der Waals surface area contributed by atoms with Gasteiger partial charge in [-0.1, -0.05) is 24.4 Å². The Morgan fingerprint density at radius 2 is 2.20 bits per heavy atom. The summed E-state index contributed by atoms with van der Waals surface area (Å²) in [4.78, 5) is 0. The molecule has 0 aromatic heterocycles. The highest BCUT2D eigenvalue weighted by atomic mass is 35.5. The Hall–Kier alpha value is -0.770. The Balaban J connectivity index is 1.65. The number of hydrogen-bond donors (Lipinski definition) is 2. The molecule has 2 rings (SSSR count). The fraction of sp³-hybridized carbons (Fsp3) is 0.625. The van der Waals surface area contributed by atoms with Gasteiger partial charge in [-0.3, -0.25) is 0 Å². The summed E-state index contributed by atoms with van der Waals surface area (Å²) in [5, 5.41) is 14.0. The Labute approximate surface area is 126 Å². The summed E-state index contributed by atoms with van der Waals surface area (Å²) in [7, 11) is 0. The predicted octanol–water partition coefficient (Wildman–Crippen LogP) is 3.17. The van der Waals surface area contributed by atoms with Crippen LogP contribution < -0.4 is 10.1 Å². The van der Waals surface area contributed by atoms with Crippen LogP contribution >= 0.6 is 11.6 Å². The van der Waals surface area contributed by atoms with Gasteiger partial charge in [0.1, 0.15) is 18.5 Å². The van der Waals surface area contributed by atoms with Crippen molar-refractivity contribution in [2.45, 2.75) is 45.3 Å². The maximum atomic E-state index is 9.92. The molecule has 1 aliphatic carbocycles. The molecular formula is C16H24ClNO2. The normalized spacial score (nSPS) is 17.8. The molecule has 1 aliphatic rings. The van der Waals surface area contributed by atoms with Crippen LogP contribution in [0.15, 0.2) is 18.2 Å². The van der Waals surface area contributed by atoms with E-state index >= 15 is 0 Å². The van der Waals surface area contributed by atoms with Crippen molar-refractivity contribution in [1.82, 2.24) is 5.32 Å². The van der Waals surface area contributed by atoms with Crippen molar-refractivity contribution < 1.29 is 9.84 Å². The van der Waals surface area contributed by atoms with E-state index in [4.69, 9.17) is 16.3 Å². The van der Waals surface area contributed by atoms with Crippen molar-refractivity contribution in [2.75, 3.05) is 13.2 Å². The maximum Gasteiger partial charge on any atom is 0.119 e. The van der Waals surface area contributed by atoms with Crippen LogP contribution in [0.2, 0.25) is 5.02 Å². The number of aliphatic hydroxyl groups excluding tert-OH is 1. The van der Waals surface area contributed by atoms with Gasteiger partial charge in [0.2, 0.25) is 0 Å². The number of nitrogens with one attached hydrogen (secondary N) is 1. The molecule has 0 aliphatic heterocycles. The Morgan fingerprint density at radius 1 is 1.45 bits per heavy atom. The molecule has 1 fully saturated rings. The average Bonchev–Trinajstić information content (AvgIpc) is 3.21. The maximum absolute atomic E-state index is 9.92. The van der Waals surface area contributed by atoms with Crippen LogP contribution in [-0.4, -0.2) is 30.4 Å². The summed E-state index contributed by atoms with van der Waals surface area (Å²) in [5.74, 6) is 1.65. The van der Waals surface area contributed by atoms with Crippen molar-refractivity contribution in [1.29, 1.82) is 0 Å². The smallest absolute Gasteiger partial charge is 0.119 e. The molecule has 1 aromatic rings. The SMILES string of the molecule is Cc1cc(OC[C@@H](O)CN[C@@H](C)CC2CC2)ccc1Cl. The molecule has 0 unspecified atom stereocenters. The Bertz CT molecular complexity index is 434. The van der Waals surface area contributed by atoms with Crippen molar-refractivity contribution in [3.63, 3.8) is 0 Å². The third kappa shape index (κ3) is 5.31. The van der Waals surface area contributed by atoms with E-state index in [2.05, 4.69) is 12.2 Å². The summed E-state index contributed by atoms with van der Waals surface area (Å²) in [5.41, 5.74) is 0.981. The molecule has 0 radical (unpaired) electrons. The van der Waals surface area contributed by atoms with E-state index in [0.717, 1.165) is 22.3 Å². The highest BCUT2D eigenvalue weighted by Crippen LogP contribution is 2.33. The summed E-state index contributed by atoms with van der Waals surface area (Å²) < 4.78 is 5.58. The molecule has 0 heterocycles. The molecule has 0 saturated heterocycles. The third-order valence-corrected chi connectivity index (χ3v) is 4.08. The van der Waals surface area contributed by atoms with E-state index in [1.54, 1.807) is 0 Å². The largest absolute Gasteiger partial charge is 0.491 e. The zero-order valence-electron chi connectivity index (χ0n) is 12.2. The Morgan fingerprint density at radius 3 is 2.85 bits per heavy atom. The highest BCUT2D eigenvalue weighted by Gasteiger charge is 2.23. The number of halogens is 1. The zero-order chi connectivity index (χ0) is 14.5. The van der Waals surface area contributed by atoms with Gasteiger partial charge >= 0.3 is 0 Å². The molecule has 2 atom stereocenters. The van der Waals surface area contributed by atoms with Gasteiger partial charge in [-0.2, -0.15) is 0 Å². The second-order valence-corrected chi connectivity index (χ2v) is 6.27. The number of aliphatic hydroxyl groups is 1. The van der Waals surface area contributed by atoms with Crippen LogP contribution in [0.25, 0.3) is 0 Å². The van der Waals surface area contributed by atoms with Crippen LogP contribution in [-0.2, 0) is 0 Å². The lowest BCUT2D eigenvalue weighted by Crippen LogP contribution is -2.36. The van der Waals surface area contributed by atoms with E-state index in [0.29, 0.717) is 19.2 Å². The molecule has 2 N–H and O–H groups in total. The van der Waals surface area contributed by atoms with Crippen LogP contribution in [0.1, 0.15) is 31.7 Å². The first-order chi connectivity index (χ1) is 9.54. The standard InChI is InChI=1S/C16H24ClNO2/c1-11-7-15(5-6-16(11)17)20-10-14(19)9-18-12(2)8-13-3-4-13/h5-7,12-14,18-19H,3-4,8-10H2,1-2H3/t12-,14-/m0/s1. The molecule has 0 bridgehead atoms. The Kier molecular flexibility index (Phi) is 5.70. The summed E-state index contributed by atoms with van der Waals surface area (Å²) >= 11 is 5.96. The van der Waals surface area contributed by atoms with E-state index < -0.39 is 6.10 Å². The fourth-order valence-electron chi connectivity index (χ4n) is 2.23. The summed E-state index contributed by atoms with van der Waals surface area (Å²) in [6.45, 7) is 4.98. The average molecular weight is 298 g/mol. The van der Waals surface area contributed by atoms with Crippen molar-refractivity contribution in [2.24, 2.45) is 5.92 Å². The first kappa shape index (κ1) is 15.6. The number of benzene rings is 1. The lowest BCUT2D eigenvalue weighted by atomic mass is 10.1. The minimum atomic E-state index is -0.493. The fourth-order valence-corrected chi connectivity index (χ4v) is 2.35. The lowest BCUT2D eigenvalue weighted by molar-refractivity contribution is 0.103. The van der Waals surface area contributed by atoms with Gasteiger partial charge in [-0.15, -0.1) is 0 Å². The highest BCUT2D eigenvalue weighted by molar-refractivity contribution is 6.31.